The number of phenols is 1. The molecule has 0 spiro atoms. The molecular formula is C20H31O3. The molecule has 3 nitrogen and oxygen atoms in total. The molecule has 0 aliphatic carbocycles. The number of hydrogen-bond donors (Lipinski definition) is 1. The van der Waals surface area contributed by atoms with Gasteiger partial charge in [-0.05, 0) is 42.5 Å². The third-order valence-corrected chi connectivity index (χ3v) is 4.01. The van der Waals surface area contributed by atoms with Crippen molar-refractivity contribution in [3.8, 4) is 5.75 Å². The fraction of sp³-hybridized carbons (Fsp3) is 0.650. The van der Waals surface area contributed by atoms with Gasteiger partial charge in [0.15, 0.2) is 0 Å². The first-order valence-corrected chi connectivity index (χ1v) is 9.05. The zero-order valence-electron chi connectivity index (χ0n) is 14.7. The molecule has 0 heterocycles. The number of ether oxygens (including phenoxy) is 1. The van der Waals surface area contributed by atoms with Crippen LogP contribution in [0, 0.1) is 6.07 Å². The van der Waals surface area contributed by atoms with E-state index in [2.05, 4.69) is 19.9 Å². The van der Waals surface area contributed by atoms with Crippen LogP contribution in [0.2, 0.25) is 0 Å². The van der Waals surface area contributed by atoms with Crippen molar-refractivity contribution in [1.29, 1.82) is 0 Å². The van der Waals surface area contributed by atoms with Crippen molar-refractivity contribution >= 4 is 5.97 Å². The molecule has 1 aromatic rings. The van der Waals surface area contributed by atoms with Crippen molar-refractivity contribution in [3.63, 3.8) is 0 Å². The minimum atomic E-state index is -0.185. The normalized spacial score (nSPS) is 10.7. The molecule has 0 unspecified atom stereocenters. The van der Waals surface area contributed by atoms with Crippen LogP contribution < -0.4 is 0 Å². The van der Waals surface area contributed by atoms with Gasteiger partial charge in [0.2, 0.25) is 0 Å². The van der Waals surface area contributed by atoms with E-state index in [4.69, 9.17) is 4.74 Å². The highest BCUT2D eigenvalue weighted by Gasteiger charge is 2.10. The average molecular weight is 319 g/mol. The number of carbonyl (C=O) groups excluding carboxylic acids is 1. The number of benzene rings is 1. The Kier molecular flexibility index (Phi) is 10.2. The second-order valence-electron chi connectivity index (χ2n) is 6.14. The van der Waals surface area contributed by atoms with Crippen molar-refractivity contribution in [3.05, 3.63) is 29.3 Å². The van der Waals surface area contributed by atoms with Gasteiger partial charge in [-0.2, -0.15) is 0 Å². The minimum absolute atomic E-state index is 0.139. The summed E-state index contributed by atoms with van der Waals surface area (Å²) in [7, 11) is 0. The first-order valence-electron chi connectivity index (χ1n) is 9.05. The number of aromatic hydroxyl groups is 1. The van der Waals surface area contributed by atoms with Crippen molar-refractivity contribution in [2.45, 2.75) is 78.1 Å². The lowest BCUT2D eigenvalue weighted by atomic mass is 9.99. The third-order valence-electron chi connectivity index (χ3n) is 4.01. The van der Waals surface area contributed by atoms with Crippen LogP contribution >= 0.6 is 0 Å². The van der Waals surface area contributed by atoms with Crippen LogP contribution in [0.15, 0.2) is 12.1 Å². The van der Waals surface area contributed by atoms with Gasteiger partial charge in [-0.3, -0.25) is 4.79 Å². The second kappa shape index (κ2) is 12.0. The molecule has 0 fully saturated rings. The molecule has 3 heteroatoms. The van der Waals surface area contributed by atoms with Crippen LogP contribution in [0.1, 0.15) is 76.3 Å². The smallest absolute Gasteiger partial charge is 0.310 e. The van der Waals surface area contributed by atoms with Crippen molar-refractivity contribution in [1.82, 2.24) is 0 Å². The van der Waals surface area contributed by atoms with Crippen molar-refractivity contribution in [2.75, 3.05) is 6.61 Å². The van der Waals surface area contributed by atoms with Gasteiger partial charge in [0, 0.05) is 6.07 Å². The summed E-state index contributed by atoms with van der Waals surface area (Å²) in [4.78, 5) is 12.0. The predicted octanol–water partition coefficient (Wildman–Crippen LogP) is 4.98. The number of aryl methyl sites for hydroxylation is 1. The highest BCUT2D eigenvalue weighted by molar-refractivity contribution is 5.73. The highest BCUT2D eigenvalue weighted by atomic mass is 16.5. The lowest BCUT2D eigenvalue weighted by molar-refractivity contribution is -0.142. The summed E-state index contributed by atoms with van der Waals surface area (Å²) in [5.74, 6) is -0.0457. The quantitative estimate of drug-likeness (QED) is 0.436. The molecule has 0 saturated heterocycles. The maximum Gasteiger partial charge on any atom is 0.310 e. The molecular weight excluding hydrogens is 288 g/mol. The van der Waals surface area contributed by atoms with Crippen LogP contribution in [0.5, 0.6) is 5.75 Å². The molecule has 0 aliphatic rings. The SMILES string of the molecule is CCCCCCCCOC(=O)Cc1c[c]c(O)cc1CCCC. The summed E-state index contributed by atoms with van der Waals surface area (Å²) in [6, 6.07) is 6.19. The van der Waals surface area contributed by atoms with E-state index in [0.29, 0.717) is 6.61 Å². The molecule has 0 aromatic heterocycles. The van der Waals surface area contributed by atoms with E-state index in [0.717, 1.165) is 43.2 Å². The lowest BCUT2D eigenvalue weighted by Crippen LogP contribution is -2.10. The summed E-state index contributed by atoms with van der Waals surface area (Å²) in [6.45, 7) is 4.84. The highest BCUT2D eigenvalue weighted by Crippen LogP contribution is 2.19. The lowest BCUT2D eigenvalue weighted by Gasteiger charge is -2.10. The van der Waals surface area contributed by atoms with E-state index in [9.17, 15) is 9.90 Å². The van der Waals surface area contributed by atoms with E-state index in [1.54, 1.807) is 12.1 Å². The molecule has 0 saturated carbocycles. The van der Waals surface area contributed by atoms with Crippen LogP contribution in [0.25, 0.3) is 0 Å². The summed E-state index contributed by atoms with van der Waals surface area (Å²) in [5.41, 5.74) is 1.95. The van der Waals surface area contributed by atoms with Gasteiger partial charge >= 0.3 is 5.97 Å². The first kappa shape index (κ1) is 19.5. The fourth-order valence-electron chi connectivity index (χ4n) is 2.59. The van der Waals surface area contributed by atoms with E-state index >= 15 is 0 Å². The Labute approximate surface area is 141 Å². The molecule has 1 N–H and O–H groups in total. The molecule has 1 rings (SSSR count). The Morgan fingerprint density at radius 3 is 2.48 bits per heavy atom. The van der Waals surface area contributed by atoms with Crippen molar-refractivity contribution < 1.29 is 14.6 Å². The third kappa shape index (κ3) is 8.63. The zero-order chi connectivity index (χ0) is 16.9. The van der Waals surface area contributed by atoms with Gasteiger partial charge in [0.25, 0.3) is 0 Å². The van der Waals surface area contributed by atoms with Gasteiger partial charge in [-0.25, -0.2) is 0 Å². The van der Waals surface area contributed by atoms with E-state index in [-0.39, 0.29) is 18.1 Å². The summed E-state index contributed by atoms with van der Waals surface area (Å²) < 4.78 is 5.33. The number of hydrogen-bond acceptors (Lipinski definition) is 3. The maximum atomic E-state index is 12.0. The Balaban J connectivity index is 2.33. The molecule has 0 atom stereocenters. The summed E-state index contributed by atoms with van der Waals surface area (Å²) in [5, 5.41) is 9.56. The molecule has 23 heavy (non-hydrogen) atoms. The monoisotopic (exact) mass is 319 g/mol. The van der Waals surface area contributed by atoms with Gasteiger partial charge in [0.1, 0.15) is 5.75 Å². The van der Waals surface area contributed by atoms with E-state index < -0.39 is 0 Å². The van der Waals surface area contributed by atoms with Crippen LogP contribution in [0.3, 0.4) is 0 Å². The number of carbonyl (C=O) groups is 1. The number of rotatable bonds is 12. The van der Waals surface area contributed by atoms with Gasteiger partial charge in [-0.15, -0.1) is 0 Å². The standard InChI is InChI=1S/C20H31O3/c1-3-5-7-8-9-10-14-23-20(22)16-18-12-13-19(21)15-17(18)11-6-4-2/h12,15,21H,3-11,14,16H2,1-2H3. The van der Waals surface area contributed by atoms with Crippen LogP contribution in [-0.4, -0.2) is 17.7 Å². The molecule has 0 amide bonds. The predicted molar refractivity (Wildman–Crippen MR) is 93.6 cm³/mol. The molecule has 1 aromatic carbocycles. The first-order chi connectivity index (χ1) is 11.2. The number of esters is 1. The number of phenolic OH excluding ortho intramolecular Hbond substituents is 1. The Hall–Kier alpha value is -1.51. The number of unbranched alkanes of at least 4 members (excludes halogenated alkanes) is 6. The van der Waals surface area contributed by atoms with Gasteiger partial charge < -0.3 is 9.84 Å². The van der Waals surface area contributed by atoms with Gasteiger partial charge in [0.05, 0.1) is 13.0 Å². The topological polar surface area (TPSA) is 46.5 Å². The summed E-state index contributed by atoms with van der Waals surface area (Å²) >= 11 is 0. The van der Waals surface area contributed by atoms with Gasteiger partial charge in [-0.1, -0.05) is 52.4 Å². The largest absolute Gasteiger partial charge is 0.507 e. The van der Waals surface area contributed by atoms with Crippen LogP contribution in [-0.2, 0) is 22.4 Å². The Morgan fingerprint density at radius 2 is 1.74 bits per heavy atom. The van der Waals surface area contributed by atoms with Crippen LogP contribution in [0.4, 0.5) is 0 Å². The average Bonchev–Trinajstić information content (AvgIpc) is 2.54. The van der Waals surface area contributed by atoms with E-state index in [1.807, 2.05) is 0 Å². The zero-order valence-corrected chi connectivity index (χ0v) is 14.7. The molecule has 0 aliphatic heterocycles. The fourth-order valence-corrected chi connectivity index (χ4v) is 2.59. The minimum Gasteiger partial charge on any atom is -0.507 e. The van der Waals surface area contributed by atoms with Crippen molar-refractivity contribution in [2.24, 2.45) is 0 Å². The Morgan fingerprint density at radius 1 is 1.04 bits per heavy atom. The Bertz CT molecular complexity index is 454. The molecule has 1 radical (unpaired) electrons. The molecule has 129 valence electrons. The second-order valence-corrected chi connectivity index (χ2v) is 6.14. The van der Waals surface area contributed by atoms with E-state index in [1.165, 1.54) is 25.7 Å². The molecule has 0 bridgehead atoms. The summed E-state index contributed by atoms with van der Waals surface area (Å²) in [6.07, 6.45) is 10.4. The maximum absolute atomic E-state index is 12.0.